The third kappa shape index (κ3) is 3.54. The highest BCUT2D eigenvalue weighted by Gasteiger charge is 2.34. The number of amides is 2. The molecule has 0 unspecified atom stereocenters. The Hall–Kier alpha value is -2.07. The minimum absolute atomic E-state index is 0.148. The van der Waals surface area contributed by atoms with Gasteiger partial charge in [-0.05, 0) is 49.3 Å². The van der Waals surface area contributed by atoms with Crippen LogP contribution >= 0.6 is 11.8 Å². The number of benzene rings is 2. The maximum atomic E-state index is 12.3. The Balaban J connectivity index is 1.41. The van der Waals surface area contributed by atoms with Crippen LogP contribution in [0.1, 0.15) is 45.5 Å². The molecule has 24 heavy (non-hydrogen) atoms. The molecule has 2 aromatic carbocycles. The number of rotatable bonds is 7. The highest BCUT2D eigenvalue weighted by molar-refractivity contribution is 7.99. The second-order valence-corrected chi connectivity index (χ2v) is 7.12. The van der Waals surface area contributed by atoms with E-state index in [1.165, 1.54) is 15.4 Å². The van der Waals surface area contributed by atoms with Crippen molar-refractivity contribution >= 4 is 23.6 Å². The Morgan fingerprint density at radius 1 is 0.833 bits per heavy atom. The van der Waals surface area contributed by atoms with Gasteiger partial charge >= 0.3 is 0 Å². The van der Waals surface area contributed by atoms with Crippen LogP contribution in [0.2, 0.25) is 0 Å². The average molecular weight is 339 g/mol. The zero-order valence-electron chi connectivity index (χ0n) is 13.8. The molecule has 3 rings (SSSR count). The highest BCUT2D eigenvalue weighted by atomic mass is 32.2. The molecular formula is C20H21NO2S. The lowest BCUT2D eigenvalue weighted by Crippen LogP contribution is -2.30. The summed E-state index contributed by atoms with van der Waals surface area (Å²) in [5, 5.41) is 0. The molecular weight excluding hydrogens is 318 g/mol. The topological polar surface area (TPSA) is 37.4 Å². The zero-order valence-corrected chi connectivity index (χ0v) is 14.6. The van der Waals surface area contributed by atoms with Crippen LogP contribution in [0.4, 0.5) is 0 Å². The molecule has 1 aliphatic heterocycles. The van der Waals surface area contributed by atoms with Gasteiger partial charge in [-0.2, -0.15) is 0 Å². The molecule has 0 fully saturated rings. The zero-order chi connectivity index (χ0) is 16.9. The summed E-state index contributed by atoms with van der Waals surface area (Å²) in [6, 6.07) is 15.5. The quantitative estimate of drug-likeness (QED) is 0.422. The average Bonchev–Trinajstić information content (AvgIpc) is 2.84. The fourth-order valence-electron chi connectivity index (χ4n) is 2.89. The van der Waals surface area contributed by atoms with Gasteiger partial charge < -0.3 is 0 Å². The van der Waals surface area contributed by atoms with Gasteiger partial charge in [0.1, 0.15) is 0 Å². The Bertz CT molecular complexity index is 722. The molecule has 0 N–H and O–H groups in total. The van der Waals surface area contributed by atoms with Crippen molar-refractivity contribution < 1.29 is 9.59 Å². The first-order valence-corrected chi connectivity index (χ1v) is 9.30. The van der Waals surface area contributed by atoms with Crippen LogP contribution in [0.5, 0.6) is 0 Å². The van der Waals surface area contributed by atoms with Crippen LogP contribution in [-0.2, 0) is 0 Å². The fraction of sp³-hybridized carbons (Fsp3) is 0.300. The standard InChI is InChI=1S/C20H21NO2S/c1-15-9-3-6-12-18(15)24-14-8-2-7-13-21-19(22)16-10-4-5-11-17(16)20(21)23/h3-6,9-12H,2,7-8,13-14H2,1H3. The maximum Gasteiger partial charge on any atom is 0.261 e. The SMILES string of the molecule is Cc1ccccc1SCCCCCN1C(=O)c2ccccc2C1=O. The van der Waals surface area contributed by atoms with Crippen LogP contribution in [-0.4, -0.2) is 29.0 Å². The molecule has 3 nitrogen and oxygen atoms in total. The van der Waals surface area contributed by atoms with E-state index in [0.29, 0.717) is 17.7 Å². The van der Waals surface area contributed by atoms with Gasteiger partial charge in [-0.25, -0.2) is 0 Å². The minimum Gasteiger partial charge on any atom is -0.274 e. The van der Waals surface area contributed by atoms with E-state index in [1.807, 2.05) is 11.8 Å². The first kappa shape index (κ1) is 16.8. The molecule has 0 radical (unpaired) electrons. The predicted molar refractivity (Wildman–Crippen MR) is 97.6 cm³/mol. The van der Waals surface area contributed by atoms with Gasteiger partial charge in [0.15, 0.2) is 0 Å². The van der Waals surface area contributed by atoms with E-state index in [2.05, 4.69) is 31.2 Å². The summed E-state index contributed by atoms with van der Waals surface area (Å²) in [7, 11) is 0. The van der Waals surface area contributed by atoms with Crippen molar-refractivity contribution in [2.45, 2.75) is 31.1 Å². The lowest BCUT2D eigenvalue weighted by Gasteiger charge is -2.13. The van der Waals surface area contributed by atoms with Crippen molar-refractivity contribution in [1.82, 2.24) is 4.90 Å². The molecule has 2 aromatic rings. The highest BCUT2D eigenvalue weighted by Crippen LogP contribution is 2.24. The summed E-state index contributed by atoms with van der Waals surface area (Å²) in [4.78, 5) is 27.2. The number of aryl methyl sites for hydroxylation is 1. The van der Waals surface area contributed by atoms with Crippen molar-refractivity contribution in [1.29, 1.82) is 0 Å². The first-order chi connectivity index (χ1) is 11.7. The number of thioether (sulfide) groups is 1. The predicted octanol–water partition coefficient (Wildman–Crippen LogP) is 4.55. The van der Waals surface area contributed by atoms with Crippen molar-refractivity contribution in [2.24, 2.45) is 0 Å². The molecule has 0 spiro atoms. The van der Waals surface area contributed by atoms with Crippen LogP contribution in [0.25, 0.3) is 0 Å². The second-order valence-electron chi connectivity index (χ2n) is 5.98. The van der Waals surface area contributed by atoms with Crippen LogP contribution < -0.4 is 0 Å². The summed E-state index contributed by atoms with van der Waals surface area (Å²) in [5.74, 6) is 0.766. The number of imide groups is 1. The van der Waals surface area contributed by atoms with E-state index in [0.717, 1.165) is 25.0 Å². The van der Waals surface area contributed by atoms with Gasteiger partial charge in [-0.3, -0.25) is 14.5 Å². The molecule has 4 heteroatoms. The van der Waals surface area contributed by atoms with Crippen molar-refractivity contribution in [2.75, 3.05) is 12.3 Å². The number of fused-ring (bicyclic) bond motifs is 1. The molecule has 0 aliphatic carbocycles. The molecule has 1 heterocycles. The number of carbonyl (C=O) groups excluding carboxylic acids is 2. The van der Waals surface area contributed by atoms with Gasteiger partial charge in [0.2, 0.25) is 0 Å². The summed E-state index contributed by atoms with van der Waals surface area (Å²) in [5.41, 5.74) is 2.39. The number of hydrogen-bond donors (Lipinski definition) is 0. The van der Waals surface area contributed by atoms with E-state index >= 15 is 0 Å². The molecule has 0 aromatic heterocycles. The third-order valence-electron chi connectivity index (χ3n) is 4.26. The normalized spacial score (nSPS) is 13.5. The van der Waals surface area contributed by atoms with Crippen LogP contribution in [0.3, 0.4) is 0 Å². The summed E-state index contributed by atoms with van der Waals surface area (Å²) in [6.07, 6.45) is 2.97. The summed E-state index contributed by atoms with van der Waals surface area (Å²) >= 11 is 1.87. The molecule has 2 amide bonds. The largest absolute Gasteiger partial charge is 0.274 e. The molecule has 1 aliphatic rings. The Kier molecular flexibility index (Phi) is 5.36. The maximum absolute atomic E-state index is 12.3. The molecule has 0 bridgehead atoms. The number of hydrogen-bond acceptors (Lipinski definition) is 3. The van der Waals surface area contributed by atoms with E-state index in [-0.39, 0.29) is 11.8 Å². The lowest BCUT2D eigenvalue weighted by atomic mass is 10.1. The monoisotopic (exact) mass is 339 g/mol. The molecule has 0 saturated heterocycles. The smallest absolute Gasteiger partial charge is 0.261 e. The molecule has 0 saturated carbocycles. The van der Waals surface area contributed by atoms with Crippen molar-refractivity contribution in [3.63, 3.8) is 0 Å². The fourth-order valence-corrected chi connectivity index (χ4v) is 3.93. The lowest BCUT2D eigenvalue weighted by molar-refractivity contribution is 0.0651. The number of nitrogens with zero attached hydrogens (tertiary/aromatic N) is 1. The van der Waals surface area contributed by atoms with Crippen molar-refractivity contribution in [3.05, 3.63) is 65.2 Å². The van der Waals surface area contributed by atoms with E-state index < -0.39 is 0 Å². The van der Waals surface area contributed by atoms with Crippen molar-refractivity contribution in [3.8, 4) is 0 Å². The van der Waals surface area contributed by atoms with Gasteiger partial charge in [-0.15, -0.1) is 11.8 Å². The van der Waals surface area contributed by atoms with Crippen LogP contribution in [0.15, 0.2) is 53.4 Å². The van der Waals surface area contributed by atoms with Gasteiger partial charge in [0, 0.05) is 11.4 Å². The van der Waals surface area contributed by atoms with Gasteiger partial charge in [-0.1, -0.05) is 36.8 Å². The minimum atomic E-state index is -0.148. The third-order valence-corrected chi connectivity index (χ3v) is 5.52. The number of unbranched alkanes of at least 4 members (excludes halogenated alkanes) is 2. The Morgan fingerprint density at radius 3 is 2.12 bits per heavy atom. The van der Waals surface area contributed by atoms with E-state index in [1.54, 1.807) is 24.3 Å². The van der Waals surface area contributed by atoms with Gasteiger partial charge in [0.25, 0.3) is 11.8 Å². The first-order valence-electron chi connectivity index (χ1n) is 8.32. The Morgan fingerprint density at radius 2 is 1.46 bits per heavy atom. The molecule has 0 atom stereocenters. The Labute approximate surface area is 147 Å². The summed E-state index contributed by atoms with van der Waals surface area (Å²) in [6.45, 7) is 2.64. The van der Waals surface area contributed by atoms with E-state index in [9.17, 15) is 9.59 Å². The second kappa shape index (κ2) is 7.67. The van der Waals surface area contributed by atoms with Crippen LogP contribution in [0, 0.1) is 6.92 Å². The summed E-state index contributed by atoms with van der Waals surface area (Å²) < 4.78 is 0. The molecule has 124 valence electrons. The van der Waals surface area contributed by atoms with Gasteiger partial charge in [0.05, 0.1) is 11.1 Å². The van der Waals surface area contributed by atoms with E-state index in [4.69, 9.17) is 0 Å². The number of carbonyl (C=O) groups is 2.